The van der Waals surface area contributed by atoms with Crippen LogP contribution in [-0.2, 0) is 29.8 Å². The van der Waals surface area contributed by atoms with Crippen molar-refractivity contribution >= 4 is 25.2 Å². The molecule has 0 spiro atoms. The summed E-state index contributed by atoms with van der Waals surface area (Å²) < 4.78 is 35.8. The lowest BCUT2D eigenvalue weighted by molar-refractivity contribution is -0.146. The molecular formula is C49H54NO7P. The van der Waals surface area contributed by atoms with E-state index in [1.54, 1.807) is 29.2 Å². The van der Waals surface area contributed by atoms with Crippen molar-refractivity contribution in [2.75, 3.05) is 25.9 Å². The van der Waals surface area contributed by atoms with E-state index >= 15 is 4.57 Å². The Morgan fingerprint density at radius 1 is 0.707 bits per heavy atom. The first-order chi connectivity index (χ1) is 28.3. The van der Waals surface area contributed by atoms with Crippen molar-refractivity contribution in [3.05, 3.63) is 131 Å². The molecule has 1 saturated heterocycles. The van der Waals surface area contributed by atoms with E-state index in [0.717, 1.165) is 66.3 Å². The summed E-state index contributed by atoms with van der Waals surface area (Å²) in [6.45, 7) is 0.146. The Morgan fingerprint density at radius 2 is 1.29 bits per heavy atom. The molecule has 6 aliphatic rings. The molecule has 3 unspecified atom stereocenters. The normalized spacial score (nSPS) is 26.2. The second-order valence-electron chi connectivity index (χ2n) is 17.7. The standard InChI is InChI=1S/C49H54NO7P/c51-45(38-16-6-2-7-17-38)32-55-47(52)39(27-34-14-4-1-5-15-34)33-58(54,57-49-28-35-24-36(29-49)26-37(25-35)30-49)46-22-8-3-13-23-50(46)48(53)56-31-44-42-20-11-9-18-40(42)41-19-10-12-21-43(41)44/h1-2,4-7,9-12,14-21,35-37,39,44,46H,3,8,13,22-33H2. The zero-order valence-electron chi connectivity index (χ0n) is 33.2. The minimum Gasteiger partial charge on any atom is -0.457 e. The molecular weight excluding hydrogens is 746 g/mol. The van der Waals surface area contributed by atoms with Crippen LogP contribution < -0.4 is 0 Å². The molecule has 9 heteroatoms. The summed E-state index contributed by atoms with van der Waals surface area (Å²) in [5.74, 6) is -0.979. The van der Waals surface area contributed by atoms with Crippen molar-refractivity contribution in [3.8, 4) is 11.1 Å². The zero-order valence-corrected chi connectivity index (χ0v) is 34.1. The van der Waals surface area contributed by atoms with E-state index in [-0.39, 0.29) is 30.9 Å². The number of hydrogen-bond acceptors (Lipinski definition) is 7. The van der Waals surface area contributed by atoms with Gasteiger partial charge in [0, 0.05) is 24.2 Å². The van der Waals surface area contributed by atoms with Gasteiger partial charge in [-0.05, 0) is 103 Å². The summed E-state index contributed by atoms with van der Waals surface area (Å²) in [6.07, 6.45) is 8.79. The number of amides is 1. The number of Topliss-reactive ketones (excluding diaryl/α,β-unsaturated/α-hetero) is 1. The van der Waals surface area contributed by atoms with Gasteiger partial charge in [-0.1, -0.05) is 122 Å². The fourth-order valence-corrected chi connectivity index (χ4v) is 14.9. The lowest BCUT2D eigenvalue weighted by atomic mass is 9.54. The van der Waals surface area contributed by atoms with Gasteiger partial charge < -0.3 is 14.0 Å². The molecule has 10 rings (SSSR count). The Balaban J connectivity index is 1.02. The van der Waals surface area contributed by atoms with Crippen LogP contribution in [0, 0.1) is 23.7 Å². The molecule has 1 aliphatic heterocycles. The number of carbonyl (C=O) groups is 3. The first-order valence-corrected chi connectivity index (χ1v) is 23.3. The van der Waals surface area contributed by atoms with Gasteiger partial charge in [-0.25, -0.2) is 4.79 Å². The fourth-order valence-electron chi connectivity index (χ4n) is 11.5. The van der Waals surface area contributed by atoms with E-state index in [2.05, 4.69) is 24.3 Å². The van der Waals surface area contributed by atoms with E-state index in [1.807, 2.05) is 60.7 Å². The van der Waals surface area contributed by atoms with Crippen molar-refractivity contribution in [1.82, 2.24) is 4.90 Å². The monoisotopic (exact) mass is 799 g/mol. The van der Waals surface area contributed by atoms with Gasteiger partial charge in [0.2, 0.25) is 7.37 Å². The van der Waals surface area contributed by atoms with Gasteiger partial charge in [0.1, 0.15) is 12.4 Å². The first kappa shape index (κ1) is 39.0. The van der Waals surface area contributed by atoms with Crippen LogP contribution in [0.25, 0.3) is 11.1 Å². The van der Waals surface area contributed by atoms with Crippen LogP contribution in [0.5, 0.6) is 0 Å². The molecule has 4 bridgehead atoms. The number of ether oxygens (including phenoxy) is 2. The van der Waals surface area contributed by atoms with Gasteiger partial charge >= 0.3 is 12.1 Å². The highest BCUT2D eigenvalue weighted by Crippen LogP contribution is 2.66. The van der Waals surface area contributed by atoms with Crippen LogP contribution in [-0.4, -0.2) is 60.1 Å². The number of benzene rings is 4. The summed E-state index contributed by atoms with van der Waals surface area (Å²) in [5.41, 5.74) is 5.38. The second kappa shape index (κ2) is 16.6. The number of esters is 1. The van der Waals surface area contributed by atoms with Crippen molar-refractivity contribution in [1.29, 1.82) is 0 Å². The molecule has 1 heterocycles. The summed E-state index contributed by atoms with van der Waals surface area (Å²) in [7, 11) is -3.85. The van der Waals surface area contributed by atoms with Crippen molar-refractivity contribution in [3.63, 3.8) is 0 Å². The third-order valence-electron chi connectivity index (χ3n) is 13.7. The third-order valence-corrected chi connectivity index (χ3v) is 16.7. The molecule has 4 aromatic rings. The molecule has 58 heavy (non-hydrogen) atoms. The highest BCUT2D eigenvalue weighted by molar-refractivity contribution is 7.59. The Kier molecular flexibility index (Phi) is 11.2. The van der Waals surface area contributed by atoms with Gasteiger partial charge in [0.15, 0.2) is 12.4 Å². The minimum atomic E-state index is -3.85. The topological polar surface area (TPSA) is 99.2 Å². The summed E-state index contributed by atoms with van der Waals surface area (Å²) in [5, 5.41) is 0. The van der Waals surface area contributed by atoms with E-state index in [4.69, 9.17) is 14.0 Å². The maximum absolute atomic E-state index is 16.4. The summed E-state index contributed by atoms with van der Waals surface area (Å²) in [6, 6.07) is 35.0. The Morgan fingerprint density at radius 3 is 1.93 bits per heavy atom. The SMILES string of the molecule is O=C(COC(=O)C(Cc1ccccc1)CP(=O)(OC12CC3CC(CC(C3)C1)C2)C1CCCCCN1C(=O)OCC1c2ccccc2-c2ccccc21)c1ccccc1. The third kappa shape index (κ3) is 8.07. The average Bonchev–Trinajstić information content (AvgIpc) is 3.34. The van der Waals surface area contributed by atoms with Gasteiger partial charge in [-0.15, -0.1) is 0 Å². The van der Waals surface area contributed by atoms with E-state index < -0.39 is 43.3 Å². The molecule has 302 valence electrons. The van der Waals surface area contributed by atoms with E-state index in [9.17, 15) is 14.4 Å². The van der Waals surface area contributed by atoms with Gasteiger partial charge in [-0.3, -0.25) is 19.1 Å². The van der Waals surface area contributed by atoms with Crippen molar-refractivity contribution in [2.45, 2.75) is 87.9 Å². The van der Waals surface area contributed by atoms with Gasteiger partial charge in [0.25, 0.3) is 0 Å². The molecule has 4 aromatic carbocycles. The molecule has 0 radical (unpaired) electrons. The fraction of sp³-hybridized carbons (Fsp3) is 0.449. The number of likely N-dealkylation sites (tertiary alicyclic amines) is 1. The lowest BCUT2D eigenvalue weighted by Crippen LogP contribution is -2.53. The summed E-state index contributed by atoms with van der Waals surface area (Å²) >= 11 is 0. The van der Waals surface area contributed by atoms with Crippen LogP contribution in [0.3, 0.4) is 0 Å². The second-order valence-corrected chi connectivity index (χ2v) is 20.3. The maximum Gasteiger partial charge on any atom is 0.410 e. The Bertz CT molecular complexity index is 2090. The molecule has 0 N–H and O–H groups in total. The van der Waals surface area contributed by atoms with Crippen LogP contribution in [0.2, 0.25) is 0 Å². The van der Waals surface area contributed by atoms with Gasteiger partial charge in [0.05, 0.1) is 11.5 Å². The smallest absolute Gasteiger partial charge is 0.410 e. The number of hydrogen-bond donors (Lipinski definition) is 0. The predicted octanol–water partition coefficient (Wildman–Crippen LogP) is 10.7. The highest BCUT2D eigenvalue weighted by Gasteiger charge is 2.56. The van der Waals surface area contributed by atoms with E-state index in [1.165, 1.54) is 19.3 Å². The number of nitrogens with zero attached hydrogens (tertiary/aromatic N) is 1. The molecule has 4 saturated carbocycles. The van der Waals surface area contributed by atoms with E-state index in [0.29, 0.717) is 36.3 Å². The number of fused-ring (bicyclic) bond motifs is 3. The van der Waals surface area contributed by atoms with Crippen molar-refractivity contribution < 1.29 is 32.9 Å². The summed E-state index contributed by atoms with van der Waals surface area (Å²) in [4.78, 5) is 43.7. The Hall–Kier alpha value is -4.52. The predicted molar refractivity (Wildman–Crippen MR) is 224 cm³/mol. The van der Waals surface area contributed by atoms with Crippen LogP contribution in [0.1, 0.15) is 97.2 Å². The quantitative estimate of drug-likeness (QED) is 0.0754. The largest absolute Gasteiger partial charge is 0.457 e. The van der Waals surface area contributed by atoms with Gasteiger partial charge in [-0.2, -0.15) is 0 Å². The molecule has 5 fully saturated rings. The number of rotatable bonds is 13. The molecule has 1 amide bonds. The Labute approximate surface area is 342 Å². The average molecular weight is 800 g/mol. The van der Waals surface area contributed by atoms with Crippen LogP contribution in [0.15, 0.2) is 109 Å². The molecule has 0 aromatic heterocycles. The zero-order chi connectivity index (χ0) is 39.7. The molecule has 3 atom stereocenters. The maximum atomic E-state index is 16.4. The molecule has 5 aliphatic carbocycles. The highest BCUT2D eigenvalue weighted by atomic mass is 31.2. The van der Waals surface area contributed by atoms with Crippen molar-refractivity contribution in [2.24, 2.45) is 23.7 Å². The lowest BCUT2D eigenvalue weighted by Gasteiger charge is -2.57. The first-order valence-electron chi connectivity index (χ1n) is 21.5. The van der Waals surface area contributed by atoms with Crippen LogP contribution in [0.4, 0.5) is 4.79 Å². The number of carbonyl (C=O) groups excluding carboxylic acids is 3. The number of ketones is 1. The minimum absolute atomic E-state index is 0.0835. The van der Waals surface area contributed by atoms with Crippen LogP contribution >= 0.6 is 7.37 Å². The molecule has 8 nitrogen and oxygen atoms in total.